The molecule has 93 heavy (non-hydrogen) atoms. The van der Waals surface area contributed by atoms with E-state index in [0.29, 0.717) is 25.7 Å². The van der Waals surface area contributed by atoms with Gasteiger partial charge in [-0.25, -0.2) is 9.13 Å². The molecule has 0 heterocycles. The Morgan fingerprint density at radius 1 is 0.312 bits per heavy atom. The summed E-state index contributed by atoms with van der Waals surface area (Å²) < 4.78 is 60.9. The molecule has 0 aliphatic rings. The number of carbonyl (C=O) groups is 3. The summed E-state index contributed by atoms with van der Waals surface area (Å²) in [6, 6.07) is 0. The largest absolute Gasteiger partial charge is 0.472 e. The first-order chi connectivity index (χ1) is 45.2. The van der Waals surface area contributed by atoms with Crippen molar-refractivity contribution in [2.24, 2.45) is 0 Å². The van der Waals surface area contributed by atoms with Crippen molar-refractivity contribution >= 4 is 33.6 Å². The number of aliphatic hydroxyl groups excluding tert-OH is 2. The van der Waals surface area contributed by atoms with Crippen LogP contribution in [0.1, 0.15) is 278 Å². The van der Waals surface area contributed by atoms with Crippen LogP contribution in [-0.4, -0.2) is 95.9 Å². The maximum atomic E-state index is 12.9. The van der Waals surface area contributed by atoms with Crippen LogP contribution in [0, 0.1) is 0 Å². The van der Waals surface area contributed by atoms with Crippen molar-refractivity contribution < 1.29 is 75.8 Å². The number of hydrogen-bond acceptors (Lipinski definition) is 14. The third kappa shape index (κ3) is 69.1. The third-order valence-corrected chi connectivity index (χ3v) is 16.5. The van der Waals surface area contributed by atoms with Gasteiger partial charge in [0.25, 0.3) is 0 Å². The lowest BCUT2D eigenvalue weighted by Crippen LogP contribution is -2.30. The molecule has 0 aromatic carbocycles. The van der Waals surface area contributed by atoms with Crippen molar-refractivity contribution in [1.29, 1.82) is 0 Å². The summed E-state index contributed by atoms with van der Waals surface area (Å²) in [5.41, 5.74) is 0. The number of unbranched alkanes of at least 4 members (excludes halogenated alkanes) is 24. The number of esters is 3. The van der Waals surface area contributed by atoms with Crippen LogP contribution < -0.4 is 0 Å². The van der Waals surface area contributed by atoms with Crippen LogP contribution in [0.5, 0.6) is 0 Å². The van der Waals surface area contributed by atoms with Gasteiger partial charge in [-0.2, -0.15) is 0 Å². The molecule has 0 saturated heterocycles. The molecule has 0 spiro atoms. The van der Waals surface area contributed by atoms with Gasteiger partial charge in [-0.15, -0.1) is 0 Å². The zero-order valence-corrected chi connectivity index (χ0v) is 59.7. The monoisotopic (exact) mass is 1350 g/mol. The maximum absolute atomic E-state index is 12.9. The van der Waals surface area contributed by atoms with Gasteiger partial charge in [0.15, 0.2) is 6.10 Å². The van der Waals surface area contributed by atoms with Crippen molar-refractivity contribution in [1.82, 2.24) is 0 Å². The summed E-state index contributed by atoms with van der Waals surface area (Å²) in [4.78, 5) is 58.4. The van der Waals surface area contributed by atoms with Crippen LogP contribution in [0.15, 0.2) is 122 Å². The Balaban J connectivity index is 4.63. The van der Waals surface area contributed by atoms with E-state index in [1.165, 1.54) is 89.9 Å². The molecule has 0 fully saturated rings. The van der Waals surface area contributed by atoms with E-state index in [2.05, 4.69) is 130 Å². The highest BCUT2D eigenvalue weighted by molar-refractivity contribution is 7.47. The van der Waals surface area contributed by atoms with Gasteiger partial charge in [-0.1, -0.05) is 251 Å². The molecule has 0 aliphatic heterocycles. The van der Waals surface area contributed by atoms with Crippen molar-refractivity contribution in [3.63, 3.8) is 0 Å². The Hall–Kier alpha value is -4.05. The molecule has 0 aromatic rings. The average molecular weight is 1350 g/mol. The summed E-state index contributed by atoms with van der Waals surface area (Å²) in [7, 11) is -9.80. The fraction of sp³-hybridized carbons (Fsp3) is 0.693. The number of aliphatic hydroxyl groups is 2. The molecule has 16 nitrogen and oxygen atoms in total. The molecule has 0 aliphatic carbocycles. The smallest absolute Gasteiger partial charge is 0.463 e. The number of phosphoric acid groups is 2. The zero-order chi connectivity index (χ0) is 68.1. The minimum Gasteiger partial charge on any atom is -0.463 e. The quantitative estimate of drug-likeness (QED) is 0.0146. The van der Waals surface area contributed by atoms with Gasteiger partial charge in [0, 0.05) is 19.3 Å². The zero-order valence-electron chi connectivity index (χ0n) is 57.9. The first-order valence-electron chi connectivity index (χ1n) is 35.8. The van der Waals surface area contributed by atoms with Gasteiger partial charge in [0.2, 0.25) is 0 Å². The first-order valence-corrected chi connectivity index (χ1v) is 38.8. The highest BCUT2D eigenvalue weighted by Gasteiger charge is 2.29. The van der Waals surface area contributed by atoms with E-state index in [1.807, 2.05) is 12.2 Å². The SMILES string of the molecule is CC/C=C\C/C=C\C/C=C\C/C=C\C/C=C\CCCC(=O)OCC(COP(=O)(O)OCC(O)COP(=O)(O)OCC(O)COC(=O)CCCCCCCCCCC/C=C\C/C=C\C/C=C\C/C=C\CCCCC)OC(=O)CCCCCCC/C=C\CCCCCCCC. The third-order valence-electron chi connectivity index (χ3n) is 14.6. The number of rotatable bonds is 67. The Bertz CT molecular complexity index is 2180. The van der Waals surface area contributed by atoms with Crippen LogP contribution in [0.4, 0.5) is 0 Å². The average Bonchev–Trinajstić information content (AvgIpc) is 3.14. The topological polar surface area (TPSA) is 231 Å². The van der Waals surface area contributed by atoms with E-state index in [0.717, 1.165) is 122 Å². The lowest BCUT2D eigenvalue weighted by molar-refractivity contribution is -0.161. The van der Waals surface area contributed by atoms with Gasteiger partial charge < -0.3 is 34.2 Å². The number of carbonyl (C=O) groups excluding carboxylic acids is 3. The predicted molar refractivity (Wildman–Crippen MR) is 380 cm³/mol. The molecule has 18 heteroatoms. The van der Waals surface area contributed by atoms with Crippen molar-refractivity contribution in [2.75, 3.05) is 39.6 Å². The summed E-state index contributed by atoms with van der Waals surface area (Å²) in [5, 5.41) is 20.6. The highest BCUT2D eigenvalue weighted by Crippen LogP contribution is 2.45. The molecule has 0 amide bonds. The fourth-order valence-corrected chi connectivity index (χ4v) is 10.8. The molecule has 5 atom stereocenters. The normalized spacial score (nSPS) is 14.9. The number of ether oxygens (including phenoxy) is 3. The van der Waals surface area contributed by atoms with Crippen molar-refractivity contribution in [3.8, 4) is 0 Å². The molecule has 0 rings (SSSR count). The molecular weight excluding hydrogens is 1220 g/mol. The molecular formula is C75H128O16P2. The Kier molecular flexibility index (Phi) is 65.0. The summed E-state index contributed by atoms with van der Waals surface area (Å²) in [6.45, 7) is 2.44. The predicted octanol–water partition coefficient (Wildman–Crippen LogP) is 20.2. The maximum Gasteiger partial charge on any atom is 0.472 e. The second-order valence-electron chi connectivity index (χ2n) is 23.6. The number of phosphoric ester groups is 2. The standard InChI is InChI=1S/C75H128O16P2/c1-4-7-10-13-16-19-22-25-28-30-31-32-33-34-35-36-37-39-42-43-46-49-52-55-58-61-73(78)85-64-70(76)65-87-92(81,82)88-66-71(77)67-89-93(83,84)90-69-72(91-75(80)63-60-57-54-51-48-45-40-27-24-21-18-15-12-9-6-3)68-86-74(79)62-59-56-53-50-47-44-41-38-29-26-23-20-17-14-11-8-5-2/h8,11,16-17,19-20,25-29,31-32,34-35,40-41,44,50,53,70-72,76-77H,4-7,9-10,12-15,18,21-24,30,33,36-39,42-43,45-49,51-52,54-69H2,1-3H3,(H,81,82)(H,83,84)/b11-8-,19-16-,20-17-,28-25-,29-26-,32-31-,35-34-,40-27-,44-41-,53-50-. The van der Waals surface area contributed by atoms with E-state index in [-0.39, 0.29) is 19.3 Å². The van der Waals surface area contributed by atoms with Crippen LogP contribution >= 0.6 is 15.6 Å². The van der Waals surface area contributed by atoms with Crippen molar-refractivity contribution in [2.45, 2.75) is 296 Å². The number of allylic oxidation sites excluding steroid dienone is 20. The van der Waals surface area contributed by atoms with Crippen LogP contribution in [0.3, 0.4) is 0 Å². The summed E-state index contributed by atoms with van der Waals surface area (Å²) >= 11 is 0. The Morgan fingerprint density at radius 3 is 0.978 bits per heavy atom. The van der Waals surface area contributed by atoms with Crippen LogP contribution in [0.25, 0.3) is 0 Å². The van der Waals surface area contributed by atoms with Crippen LogP contribution in [0.2, 0.25) is 0 Å². The van der Waals surface area contributed by atoms with Gasteiger partial charge in [-0.3, -0.25) is 32.5 Å². The minimum absolute atomic E-state index is 0.0801. The lowest BCUT2D eigenvalue weighted by Gasteiger charge is -2.21. The molecule has 534 valence electrons. The summed E-state index contributed by atoms with van der Waals surface area (Å²) in [6.07, 6.45) is 78.3. The second kappa shape index (κ2) is 67.9. The van der Waals surface area contributed by atoms with E-state index >= 15 is 0 Å². The Labute approximate surface area is 563 Å². The van der Waals surface area contributed by atoms with Gasteiger partial charge in [-0.05, 0) is 128 Å². The minimum atomic E-state index is -4.94. The Morgan fingerprint density at radius 2 is 0.581 bits per heavy atom. The van der Waals surface area contributed by atoms with E-state index < -0.39 is 91.5 Å². The van der Waals surface area contributed by atoms with Crippen molar-refractivity contribution in [3.05, 3.63) is 122 Å². The van der Waals surface area contributed by atoms with E-state index in [1.54, 1.807) is 0 Å². The molecule has 0 radical (unpaired) electrons. The molecule has 5 unspecified atom stereocenters. The lowest BCUT2D eigenvalue weighted by atomic mass is 10.1. The molecule has 0 bridgehead atoms. The van der Waals surface area contributed by atoms with E-state index in [4.69, 9.17) is 32.3 Å². The number of hydrogen-bond donors (Lipinski definition) is 4. The second-order valence-corrected chi connectivity index (χ2v) is 26.6. The molecule has 0 saturated carbocycles. The van der Waals surface area contributed by atoms with Gasteiger partial charge in [0.05, 0.1) is 26.4 Å². The first kappa shape index (κ1) is 89.0. The van der Waals surface area contributed by atoms with Gasteiger partial charge >= 0.3 is 33.6 Å². The van der Waals surface area contributed by atoms with Gasteiger partial charge in [0.1, 0.15) is 25.4 Å². The van der Waals surface area contributed by atoms with E-state index in [9.17, 15) is 43.5 Å². The highest BCUT2D eigenvalue weighted by atomic mass is 31.2. The fourth-order valence-electron chi connectivity index (χ4n) is 9.17. The summed E-state index contributed by atoms with van der Waals surface area (Å²) in [5.74, 6) is -1.66. The molecule has 0 aromatic heterocycles. The van der Waals surface area contributed by atoms with Crippen LogP contribution in [-0.2, 0) is 55.8 Å². The molecule has 4 N–H and O–H groups in total.